The van der Waals surface area contributed by atoms with Gasteiger partial charge in [-0.1, -0.05) is 38.1 Å². The van der Waals surface area contributed by atoms with Crippen molar-refractivity contribution < 1.29 is 9.47 Å². The van der Waals surface area contributed by atoms with Gasteiger partial charge in [0.15, 0.2) is 0 Å². The second-order valence-electron chi connectivity index (χ2n) is 7.53. The number of ether oxygens (including phenoxy) is 2. The van der Waals surface area contributed by atoms with E-state index in [9.17, 15) is 0 Å². The first-order valence-electron chi connectivity index (χ1n) is 9.92. The van der Waals surface area contributed by atoms with E-state index in [2.05, 4.69) is 60.9 Å². The number of hydrogen-bond donors (Lipinski definition) is 0. The lowest BCUT2D eigenvalue weighted by Gasteiger charge is -2.36. The van der Waals surface area contributed by atoms with E-state index in [0.29, 0.717) is 5.92 Å². The van der Waals surface area contributed by atoms with Gasteiger partial charge in [0, 0.05) is 32.7 Å². The van der Waals surface area contributed by atoms with Crippen LogP contribution >= 0.6 is 0 Å². The van der Waals surface area contributed by atoms with E-state index in [1.165, 1.54) is 16.8 Å². The number of para-hydroxylation sites is 2. The van der Waals surface area contributed by atoms with Crippen molar-refractivity contribution >= 4 is 5.69 Å². The van der Waals surface area contributed by atoms with Crippen molar-refractivity contribution in [1.29, 1.82) is 0 Å². The summed E-state index contributed by atoms with van der Waals surface area (Å²) in [6.45, 7) is 12.4. The Morgan fingerprint density at radius 3 is 2.41 bits per heavy atom. The monoisotopic (exact) mass is 368 g/mol. The van der Waals surface area contributed by atoms with Gasteiger partial charge < -0.3 is 14.4 Å². The summed E-state index contributed by atoms with van der Waals surface area (Å²) in [5.41, 5.74) is 3.73. The minimum absolute atomic E-state index is 0.524. The summed E-state index contributed by atoms with van der Waals surface area (Å²) < 4.78 is 11.6. The number of methoxy groups -OCH3 is 1. The van der Waals surface area contributed by atoms with Crippen LogP contribution in [0, 0.1) is 6.92 Å². The molecule has 4 nitrogen and oxygen atoms in total. The van der Waals surface area contributed by atoms with Crippen molar-refractivity contribution in [3.05, 3.63) is 53.6 Å². The summed E-state index contributed by atoms with van der Waals surface area (Å²) in [4.78, 5) is 4.89. The van der Waals surface area contributed by atoms with E-state index < -0.39 is 0 Å². The van der Waals surface area contributed by atoms with Gasteiger partial charge in [-0.2, -0.15) is 0 Å². The van der Waals surface area contributed by atoms with Crippen LogP contribution in [-0.2, 0) is 0 Å². The Morgan fingerprint density at radius 2 is 1.70 bits per heavy atom. The molecular formula is C23H32N2O2. The molecule has 1 aliphatic heterocycles. The van der Waals surface area contributed by atoms with Crippen molar-refractivity contribution in [3.8, 4) is 11.5 Å². The summed E-state index contributed by atoms with van der Waals surface area (Å²) in [5, 5.41) is 0. The summed E-state index contributed by atoms with van der Waals surface area (Å²) in [6.07, 6.45) is 0. The molecule has 0 N–H and O–H groups in total. The van der Waals surface area contributed by atoms with Gasteiger partial charge >= 0.3 is 0 Å². The van der Waals surface area contributed by atoms with Crippen molar-refractivity contribution in [3.63, 3.8) is 0 Å². The maximum atomic E-state index is 6.10. The SMILES string of the molecule is COc1ccccc1N1CCN(CCOc2cc(C(C)C)ccc2C)CC1. The smallest absolute Gasteiger partial charge is 0.142 e. The van der Waals surface area contributed by atoms with Crippen LogP contribution < -0.4 is 14.4 Å². The molecule has 0 unspecified atom stereocenters. The lowest BCUT2D eigenvalue weighted by molar-refractivity contribution is 0.199. The van der Waals surface area contributed by atoms with Crippen LogP contribution in [0.5, 0.6) is 11.5 Å². The minimum atomic E-state index is 0.524. The van der Waals surface area contributed by atoms with Gasteiger partial charge in [0.25, 0.3) is 0 Å². The third-order valence-corrected chi connectivity index (χ3v) is 5.34. The number of nitrogens with zero attached hydrogens (tertiary/aromatic N) is 2. The van der Waals surface area contributed by atoms with E-state index in [-0.39, 0.29) is 0 Å². The largest absolute Gasteiger partial charge is 0.495 e. The van der Waals surface area contributed by atoms with Gasteiger partial charge in [-0.05, 0) is 42.2 Å². The molecule has 0 bridgehead atoms. The molecule has 3 rings (SSSR count). The number of piperazine rings is 1. The fraction of sp³-hybridized carbons (Fsp3) is 0.478. The highest BCUT2D eigenvalue weighted by atomic mass is 16.5. The highest BCUT2D eigenvalue weighted by molar-refractivity contribution is 5.58. The number of rotatable bonds is 7. The first-order chi connectivity index (χ1) is 13.1. The molecule has 0 spiro atoms. The van der Waals surface area contributed by atoms with Gasteiger partial charge in [0.05, 0.1) is 12.8 Å². The fourth-order valence-electron chi connectivity index (χ4n) is 3.52. The van der Waals surface area contributed by atoms with E-state index in [1.807, 2.05) is 12.1 Å². The third-order valence-electron chi connectivity index (χ3n) is 5.34. The van der Waals surface area contributed by atoms with Gasteiger partial charge in [-0.25, -0.2) is 0 Å². The summed E-state index contributed by atoms with van der Waals surface area (Å²) in [6, 6.07) is 14.8. The molecule has 27 heavy (non-hydrogen) atoms. The van der Waals surface area contributed by atoms with E-state index in [4.69, 9.17) is 9.47 Å². The molecule has 0 aromatic heterocycles. The van der Waals surface area contributed by atoms with Crippen LogP contribution in [0.4, 0.5) is 5.69 Å². The van der Waals surface area contributed by atoms with Crippen molar-refractivity contribution in [2.24, 2.45) is 0 Å². The van der Waals surface area contributed by atoms with Crippen LogP contribution in [0.15, 0.2) is 42.5 Å². The average Bonchev–Trinajstić information content (AvgIpc) is 2.69. The normalized spacial score (nSPS) is 15.2. The van der Waals surface area contributed by atoms with Crippen LogP contribution in [0.2, 0.25) is 0 Å². The Bertz CT molecular complexity index is 737. The van der Waals surface area contributed by atoms with E-state index in [1.54, 1.807) is 7.11 Å². The topological polar surface area (TPSA) is 24.9 Å². The van der Waals surface area contributed by atoms with Crippen molar-refractivity contribution in [2.75, 3.05) is 51.3 Å². The predicted octanol–water partition coefficient (Wildman–Crippen LogP) is 4.33. The Labute approximate surface area is 163 Å². The molecule has 4 heteroatoms. The molecule has 1 aliphatic rings. The van der Waals surface area contributed by atoms with Crippen molar-refractivity contribution in [2.45, 2.75) is 26.7 Å². The van der Waals surface area contributed by atoms with Gasteiger partial charge in [0.2, 0.25) is 0 Å². The summed E-state index contributed by atoms with van der Waals surface area (Å²) in [7, 11) is 1.74. The molecular weight excluding hydrogens is 336 g/mol. The van der Waals surface area contributed by atoms with Crippen LogP contribution in [0.1, 0.15) is 30.9 Å². The number of benzene rings is 2. The van der Waals surface area contributed by atoms with Crippen LogP contribution in [-0.4, -0.2) is 51.3 Å². The Balaban J connectivity index is 1.48. The molecule has 2 aromatic carbocycles. The predicted molar refractivity (Wildman–Crippen MR) is 112 cm³/mol. The molecule has 1 saturated heterocycles. The second kappa shape index (κ2) is 9.14. The zero-order chi connectivity index (χ0) is 19.2. The minimum Gasteiger partial charge on any atom is -0.495 e. The standard InChI is InChI=1S/C23H32N2O2/c1-18(2)20-10-9-19(3)23(17-20)27-16-15-24-11-13-25(14-12-24)21-7-5-6-8-22(21)26-4/h5-10,17-18H,11-16H2,1-4H3. The first kappa shape index (κ1) is 19.6. The van der Waals surface area contributed by atoms with E-state index >= 15 is 0 Å². The second-order valence-corrected chi connectivity index (χ2v) is 7.53. The quantitative estimate of drug-likeness (QED) is 0.726. The zero-order valence-corrected chi connectivity index (χ0v) is 17.1. The van der Waals surface area contributed by atoms with Gasteiger partial charge in [-0.15, -0.1) is 0 Å². The van der Waals surface area contributed by atoms with Crippen LogP contribution in [0.25, 0.3) is 0 Å². The molecule has 1 heterocycles. The fourth-order valence-corrected chi connectivity index (χ4v) is 3.52. The maximum Gasteiger partial charge on any atom is 0.142 e. The third kappa shape index (κ3) is 4.95. The Kier molecular flexibility index (Phi) is 6.62. The van der Waals surface area contributed by atoms with Crippen molar-refractivity contribution in [1.82, 2.24) is 4.90 Å². The lowest BCUT2D eigenvalue weighted by atomic mass is 10.0. The number of hydrogen-bond acceptors (Lipinski definition) is 4. The van der Waals surface area contributed by atoms with Gasteiger partial charge in [-0.3, -0.25) is 4.90 Å². The molecule has 0 aliphatic carbocycles. The molecule has 0 atom stereocenters. The lowest BCUT2D eigenvalue weighted by Crippen LogP contribution is -2.47. The Hall–Kier alpha value is -2.20. The van der Waals surface area contributed by atoms with Gasteiger partial charge in [0.1, 0.15) is 18.1 Å². The summed E-state index contributed by atoms with van der Waals surface area (Å²) >= 11 is 0. The van der Waals surface area contributed by atoms with E-state index in [0.717, 1.165) is 50.8 Å². The highest BCUT2D eigenvalue weighted by Gasteiger charge is 2.19. The first-order valence-corrected chi connectivity index (χ1v) is 9.92. The molecule has 0 amide bonds. The molecule has 1 fully saturated rings. The zero-order valence-electron chi connectivity index (χ0n) is 17.1. The summed E-state index contributed by atoms with van der Waals surface area (Å²) in [5.74, 6) is 2.50. The number of anilines is 1. The molecule has 2 aromatic rings. The molecule has 0 radical (unpaired) electrons. The Morgan fingerprint density at radius 1 is 0.963 bits per heavy atom. The number of aryl methyl sites for hydroxylation is 1. The maximum absolute atomic E-state index is 6.10. The van der Waals surface area contributed by atoms with Crippen LogP contribution in [0.3, 0.4) is 0 Å². The average molecular weight is 369 g/mol. The molecule has 146 valence electrons. The molecule has 0 saturated carbocycles. The highest BCUT2D eigenvalue weighted by Crippen LogP contribution is 2.28.